The fourth-order valence-corrected chi connectivity index (χ4v) is 2.49. The molecule has 1 rings (SSSR count). The summed E-state index contributed by atoms with van der Waals surface area (Å²) in [5, 5.41) is 6.17. The maximum atomic E-state index is 11.5. The molecule has 2 N–H and O–H groups in total. The van der Waals surface area contributed by atoms with Crippen LogP contribution in [0.15, 0.2) is 29.2 Å². The SMILES string of the molecule is CCSc1ccccc1NCCCNC(=O)OC(C)(C)C. The molecule has 0 heterocycles. The van der Waals surface area contributed by atoms with E-state index >= 15 is 0 Å². The van der Waals surface area contributed by atoms with Crippen LogP contribution in [0.2, 0.25) is 0 Å². The number of hydrogen-bond donors (Lipinski definition) is 2. The molecule has 118 valence electrons. The van der Waals surface area contributed by atoms with Crippen LogP contribution < -0.4 is 10.6 Å². The van der Waals surface area contributed by atoms with Crippen LogP contribution in [0.4, 0.5) is 10.5 Å². The van der Waals surface area contributed by atoms with Gasteiger partial charge in [0.05, 0.1) is 0 Å². The molecule has 0 saturated carbocycles. The van der Waals surface area contributed by atoms with Crippen molar-refractivity contribution in [1.82, 2.24) is 5.32 Å². The second-order valence-corrected chi connectivity index (χ2v) is 6.94. The maximum absolute atomic E-state index is 11.5. The Hall–Kier alpha value is -1.36. The molecular weight excluding hydrogens is 284 g/mol. The van der Waals surface area contributed by atoms with Crippen LogP contribution in [0, 0.1) is 0 Å². The van der Waals surface area contributed by atoms with Gasteiger partial charge in [-0.15, -0.1) is 11.8 Å². The standard InChI is InChI=1S/C16H26N2O2S/c1-5-21-14-10-7-6-9-13(14)17-11-8-12-18-15(19)20-16(2,3)4/h6-7,9-10,17H,5,8,11-12H2,1-4H3,(H,18,19). The lowest BCUT2D eigenvalue weighted by molar-refractivity contribution is 0.0528. The number of nitrogens with one attached hydrogen (secondary N) is 2. The molecule has 5 heteroatoms. The molecule has 21 heavy (non-hydrogen) atoms. The number of carbonyl (C=O) groups excluding carboxylic acids is 1. The third-order valence-corrected chi connectivity index (χ3v) is 3.48. The van der Waals surface area contributed by atoms with Crippen LogP contribution in [0.25, 0.3) is 0 Å². The molecule has 0 radical (unpaired) electrons. The van der Waals surface area contributed by atoms with E-state index in [9.17, 15) is 4.79 Å². The number of carbonyl (C=O) groups is 1. The van der Waals surface area contributed by atoms with Crippen molar-refractivity contribution in [3.05, 3.63) is 24.3 Å². The van der Waals surface area contributed by atoms with E-state index in [1.807, 2.05) is 44.7 Å². The van der Waals surface area contributed by atoms with Crippen LogP contribution >= 0.6 is 11.8 Å². The van der Waals surface area contributed by atoms with Gasteiger partial charge in [-0.2, -0.15) is 0 Å². The first-order valence-electron chi connectivity index (χ1n) is 7.35. The molecule has 0 aliphatic rings. The Bertz CT molecular complexity index is 444. The average molecular weight is 310 g/mol. The van der Waals surface area contributed by atoms with Gasteiger partial charge in [0, 0.05) is 23.7 Å². The van der Waals surface area contributed by atoms with Gasteiger partial charge in [0.2, 0.25) is 0 Å². The molecule has 0 aliphatic heterocycles. The third kappa shape index (κ3) is 7.85. The highest BCUT2D eigenvalue weighted by Gasteiger charge is 2.15. The molecule has 0 bridgehead atoms. The molecule has 0 atom stereocenters. The second-order valence-electron chi connectivity index (χ2n) is 5.64. The molecular formula is C16H26N2O2S. The van der Waals surface area contributed by atoms with Crippen LogP contribution in [0.1, 0.15) is 34.1 Å². The Morgan fingerprint density at radius 3 is 2.62 bits per heavy atom. The highest BCUT2D eigenvalue weighted by molar-refractivity contribution is 7.99. The van der Waals surface area contributed by atoms with Gasteiger partial charge < -0.3 is 15.4 Å². The highest BCUT2D eigenvalue weighted by Crippen LogP contribution is 2.26. The number of amides is 1. The van der Waals surface area contributed by atoms with Gasteiger partial charge in [-0.3, -0.25) is 0 Å². The van der Waals surface area contributed by atoms with Gasteiger partial charge in [-0.1, -0.05) is 19.1 Å². The Labute approximate surface area is 132 Å². The minimum absolute atomic E-state index is 0.357. The molecule has 0 unspecified atom stereocenters. The van der Waals surface area contributed by atoms with Crippen molar-refractivity contribution in [2.45, 2.75) is 44.6 Å². The van der Waals surface area contributed by atoms with E-state index in [0.29, 0.717) is 6.54 Å². The van der Waals surface area contributed by atoms with E-state index in [-0.39, 0.29) is 6.09 Å². The van der Waals surface area contributed by atoms with E-state index in [4.69, 9.17) is 4.74 Å². The van der Waals surface area contributed by atoms with Crippen molar-refractivity contribution in [3.63, 3.8) is 0 Å². The monoisotopic (exact) mass is 310 g/mol. The largest absolute Gasteiger partial charge is 0.444 e. The minimum Gasteiger partial charge on any atom is -0.444 e. The zero-order valence-corrected chi connectivity index (χ0v) is 14.2. The summed E-state index contributed by atoms with van der Waals surface area (Å²) in [7, 11) is 0. The maximum Gasteiger partial charge on any atom is 0.407 e. The summed E-state index contributed by atoms with van der Waals surface area (Å²) in [5.74, 6) is 1.05. The Morgan fingerprint density at radius 1 is 1.24 bits per heavy atom. The summed E-state index contributed by atoms with van der Waals surface area (Å²) in [6.45, 7) is 9.14. The van der Waals surface area contributed by atoms with Crippen molar-refractivity contribution in [2.75, 3.05) is 24.2 Å². The number of thioether (sulfide) groups is 1. The van der Waals surface area contributed by atoms with Crippen LogP contribution in [0.5, 0.6) is 0 Å². The van der Waals surface area contributed by atoms with Gasteiger partial charge >= 0.3 is 6.09 Å². The second kappa shape index (κ2) is 8.82. The molecule has 0 saturated heterocycles. The van der Waals surface area contributed by atoms with Crippen LogP contribution in [-0.2, 0) is 4.74 Å². The van der Waals surface area contributed by atoms with Crippen molar-refractivity contribution in [3.8, 4) is 0 Å². The first-order valence-corrected chi connectivity index (χ1v) is 8.33. The summed E-state index contributed by atoms with van der Waals surface area (Å²) < 4.78 is 5.18. The number of anilines is 1. The van der Waals surface area contributed by atoms with Crippen molar-refractivity contribution in [2.24, 2.45) is 0 Å². The van der Waals surface area contributed by atoms with Gasteiger partial charge in [-0.05, 0) is 45.1 Å². The van der Waals surface area contributed by atoms with Crippen molar-refractivity contribution >= 4 is 23.5 Å². The average Bonchev–Trinajstić information content (AvgIpc) is 2.38. The topological polar surface area (TPSA) is 50.4 Å². The molecule has 4 nitrogen and oxygen atoms in total. The summed E-state index contributed by atoms with van der Waals surface area (Å²) in [5.41, 5.74) is 0.708. The van der Waals surface area contributed by atoms with Gasteiger partial charge in [0.15, 0.2) is 0 Å². The fraction of sp³-hybridized carbons (Fsp3) is 0.562. The fourth-order valence-electron chi connectivity index (χ4n) is 1.71. The number of hydrogen-bond acceptors (Lipinski definition) is 4. The first kappa shape index (κ1) is 17.7. The zero-order chi connectivity index (χ0) is 15.7. The summed E-state index contributed by atoms with van der Waals surface area (Å²) in [6.07, 6.45) is 0.495. The van der Waals surface area contributed by atoms with E-state index in [2.05, 4.69) is 29.7 Å². The summed E-state index contributed by atoms with van der Waals surface area (Å²) >= 11 is 1.82. The number of para-hydroxylation sites is 1. The van der Waals surface area contributed by atoms with Crippen molar-refractivity contribution < 1.29 is 9.53 Å². The smallest absolute Gasteiger partial charge is 0.407 e. The zero-order valence-electron chi connectivity index (χ0n) is 13.4. The van der Waals surface area contributed by atoms with E-state index in [1.54, 1.807) is 0 Å². The van der Waals surface area contributed by atoms with Gasteiger partial charge in [-0.25, -0.2) is 4.79 Å². The molecule has 1 amide bonds. The molecule has 0 aliphatic carbocycles. The molecule has 0 fully saturated rings. The summed E-state index contributed by atoms with van der Waals surface area (Å²) in [6, 6.07) is 8.28. The lowest BCUT2D eigenvalue weighted by Gasteiger charge is -2.19. The van der Waals surface area contributed by atoms with Gasteiger partial charge in [0.1, 0.15) is 5.60 Å². The molecule has 1 aromatic carbocycles. The lowest BCUT2D eigenvalue weighted by atomic mass is 10.2. The van der Waals surface area contributed by atoms with Crippen LogP contribution in [0.3, 0.4) is 0 Å². The highest BCUT2D eigenvalue weighted by atomic mass is 32.2. The quantitative estimate of drug-likeness (QED) is 0.587. The Balaban J connectivity index is 2.24. The number of rotatable bonds is 7. The molecule has 0 aromatic heterocycles. The minimum atomic E-state index is -0.446. The molecule has 0 spiro atoms. The normalized spacial score (nSPS) is 11.0. The van der Waals surface area contributed by atoms with E-state index in [0.717, 1.165) is 24.4 Å². The van der Waals surface area contributed by atoms with Crippen LogP contribution in [-0.4, -0.2) is 30.5 Å². The van der Waals surface area contributed by atoms with E-state index < -0.39 is 5.60 Å². The predicted octanol–water partition coefficient (Wildman–Crippen LogP) is 4.13. The lowest BCUT2D eigenvalue weighted by Crippen LogP contribution is -2.33. The van der Waals surface area contributed by atoms with E-state index in [1.165, 1.54) is 4.90 Å². The Morgan fingerprint density at radius 2 is 1.95 bits per heavy atom. The number of ether oxygens (including phenoxy) is 1. The summed E-state index contributed by atoms with van der Waals surface area (Å²) in [4.78, 5) is 12.7. The third-order valence-electron chi connectivity index (χ3n) is 2.52. The number of benzene rings is 1. The molecule has 1 aromatic rings. The van der Waals surface area contributed by atoms with Gasteiger partial charge in [0.25, 0.3) is 0 Å². The first-order chi connectivity index (χ1) is 9.92. The Kier molecular flexibility index (Phi) is 7.43. The van der Waals surface area contributed by atoms with Crippen molar-refractivity contribution in [1.29, 1.82) is 0 Å². The number of alkyl carbamates (subject to hydrolysis) is 1. The predicted molar refractivity (Wildman–Crippen MR) is 90.2 cm³/mol.